The molecule has 2 amide bonds. The highest BCUT2D eigenvalue weighted by molar-refractivity contribution is 6.34. The Morgan fingerprint density at radius 1 is 1.04 bits per heavy atom. The molecule has 5 nitrogen and oxygen atoms in total. The van der Waals surface area contributed by atoms with Crippen LogP contribution < -0.4 is 10.6 Å². The van der Waals surface area contributed by atoms with Crippen LogP contribution in [0.15, 0.2) is 54.7 Å². The summed E-state index contributed by atoms with van der Waals surface area (Å²) in [6.45, 7) is 0. The molecule has 3 rings (SSSR count). The molecule has 120 valence electrons. The van der Waals surface area contributed by atoms with Gasteiger partial charge in [-0.25, -0.2) is 0 Å². The van der Waals surface area contributed by atoms with E-state index in [1.807, 2.05) is 24.3 Å². The van der Waals surface area contributed by atoms with Gasteiger partial charge in [-0.2, -0.15) is 0 Å². The molecule has 0 aliphatic rings. The Morgan fingerprint density at radius 3 is 2.62 bits per heavy atom. The highest BCUT2D eigenvalue weighted by Gasteiger charge is 2.14. The average Bonchev–Trinajstić information content (AvgIpc) is 2.62. The van der Waals surface area contributed by atoms with E-state index >= 15 is 0 Å². The summed E-state index contributed by atoms with van der Waals surface area (Å²) in [5, 5.41) is 6.40. The van der Waals surface area contributed by atoms with Crippen molar-refractivity contribution < 1.29 is 9.59 Å². The van der Waals surface area contributed by atoms with Gasteiger partial charge in [0, 0.05) is 24.2 Å². The van der Waals surface area contributed by atoms with Crippen LogP contribution in [0.2, 0.25) is 5.02 Å². The van der Waals surface area contributed by atoms with Gasteiger partial charge in [0.1, 0.15) is 0 Å². The lowest BCUT2D eigenvalue weighted by molar-refractivity contribution is 0.0961. The standard InChI is InChI=1S/C18H14ClN3O2/c1-20-17(23)11-6-7-14(19)16(10-11)22-18(24)13-8-9-21-15-5-3-2-4-12(13)15/h2-10H,1H3,(H,20,23)(H,22,24). The zero-order chi connectivity index (χ0) is 17.1. The molecule has 0 spiro atoms. The summed E-state index contributed by atoms with van der Waals surface area (Å²) in [4.78, 5) is 28.6. The zero-order valence-corrected chi connectivity index (χ0v) is 13.6. The number of hydrogen-bond donors (Lipinski definition) is 2. The lowest BCUT2D eigenvalue weighted by Crippen LogP contribution is -2.18. The van der Waals surface area contributed by atoms with E-state index in [2.05, 4.69) is 15.6 Å². The topological polar surface area (TPSA) is 71.1 Å². The molecule has 0 saturated heterocycles. The van der Waals surface area contributed by atoms with Crippen LogP contribution in [0.25, 0.3) is 10.9 Å². The van der Waals surface area contributed by atoms with Crippen LogP contribution in [0.1, 0.15) is 20.7 Å². The Balaban J connectivity index is 1.96. The molecule has 2 N–H and O–H groups in total. The predicted octanol–water partition coefficient (Wildman–Crippen LogP) is 3.50. The summed E-state index contributed by atoms with van der Waals surface area (Å²) >= 11 is 6.14. The second-order valence-electron chi connectivity index (χ2n) is 5.10. The van der Waals surface area contributed by atoms with Gasteiger partial charge < -0.3 is 10.6 Å². The first-order chi connectivity index (χ1) is 11.6. The van der Waals surface area contributed by atoms with Crippen molar-refractivity contribution >= 4 is 40.0 Å². The zero-order valence-electron chi connectivity index (χ0n) is 12.8. The first-order valence-corrected chi connectivity index (χ1v) is 7.64. The Labute approximate surface area is 143 Å². The number of nitrogens with zero attached hydrogens (tertiary/aromatic N) is 1. The third-order valence-electron chi connectivity index (χ3n) is 3.60. The number of halogens is 1. The van der Waals surface area contributed by atoms with Crippen LogP contribution in [0.5, 0.6) is 0 Å². The quantitative estimate of drug-likeness (QED) is 0.767. The minimum atomic E-state index is -0.315. The first-order valence-electron chi connectivity index (χ1n) is 7.27. The number of aromatic nitrogens is 1. The Kier molecular flexibility index (Phi) is 4.44. The predicted molar refractivity (Wildman–Crippen MR) is 94.5 cm³/mol. The van der Waals surface area contributed by atoms with E-state index in [4.69, 9.17) is 11.6 Å². The van der Waals surface area contributed by atoms with E-state index in [0.717, 1.165) is 10.9 Å². The van der Waals surface area contributed by atoms with Crippen molar-refractivity contribution in [3.63, 3.8) is 0 Å². The van der Waals surface area contributed by atoms with E-state index in [1.165, 1.54) is 7.05 Å². The minimum absolute atomic E-state index is 0.253. The minimum Gasteiger partial charge on any atom is -0.355 e. The molecular formula is C18H14ClN3O2. The number of nitrogens with one attached hydrogen (secondary N) is 2. The number of benzene rings is 2. The van der Waals surface area contributed by atoms with Crippen molar-refractivity contribution in [3.8, 4) is 0 Å². The number of pyridine rings is 1. The number of fused-ring (bicyclic) bond motifs is 1. The van der Waals surface area contributed by atoms with Crippen molar-refractivity contribution in [1.29, 1.82) is 0 Å². The molecule has 0 atom stereocenters. The Morgan fingerprint density at radius 2 is 1.83 bits per heavy atom. The van der Waals surface area contributed by atoms with Gasteiger partial charge in [0.2, 0.25) is 0 Å². The second-order valence-corrected chi connectivity index (χ2v) is 5.51. The molecule has 24 heavy (non-hydrogen) atoms. The smallest absolute Gasteiger partial charge is 0.256 e. The summed E-state index contributed by atoms with van der Waals surface area (Å²) in [6.07, 6.45) is 1.58. The average molecular weight is 340 g/mol. The highest BCUT2D eigenvalue weighted by Crippen LogP contribution is 2.25. The largest absolute Gasteiger partial charge is 0.355 e. The van der Waals surface area contributed by atoms with Crippen LogP contribution in [-0.2, 0) is 0 Å². The number of carbonyl (C=O) groups excluding carboxylic acids is 2. The molecular weight excluding hydrogens is 326 g/mol. The van der Waals surface area contributed by atoms with Crippen LogP contribution >= 0.6 is 11.6 Å². The van der Waals surface area contributed by atoms with E-state index in [9.17, 15) is 9.59 Å². The van der Waals surface area contributed by atoms with Crippen LogP contribution in [0, 0.1) is 0 Å². The van der Waals surface area contributed by atoms with E-state index < -0.39 is 0 Å². The number of rotatable bonds is 3. The van der Waals surface area contributed by atoms with E-state index in [1.54, 1.807) is 30.5 Å². The van der Waals surface area contributed by atoms with Gasteiger partial charge in [-0.05, 0) is 30.3 Å². The van der Waals surface area contributed by atoms with Crippen molar-refractivity contribution in [1.82, 2.24) is 10.3 Å². The normalized spacial score (nSPS) is 10.4. The summed E-state index contributed by atoms with van der Waals surface area (Å²) < 4.78 is 0. The summed E-state index contributed by atoms with van der Waals surface area (Å²) in [5.41, 5.74) is 2.01. The van der Waals surface area contributed by atoms with Gasteiger partial charge in [-0.15, -0.1) is 0 Å². The number of para-hydroxylation sites is 1. The fraction of sp³-hybridized carbons (Fsp3) is 0.0556. The van der Waals surface area contributed by atoms with E-state index in [0.29, 0.717) is 21.8 Å². The summed E-state index contributed by atoms with van der Waals surface area (Å²) in [6, 6.07) is 13.7. The molecule has 0 radical (unpaired) electrons. The summed E-state index contributed by atoms with van der Waals surface area (Å²) in [7, 11) is 1.54. The van der Waals surface area contributed by atoms with Gasteiger partial charge in [0.15, 0.2) is 0 Å². The van der Waals surface area contributed by atoms with E-state index in [-0.39, 0.29) is 11.8 Å². The molecule has 1 aromatic heterocycles. The highest BCUT2D eigenvalue weighted by atomic mass is 35.5. The molecule has 0 aliphatic carbocycles. The summed E-state index contributed by atoms with van der Waals surface area (Å²) in [5.74, 6) is -0.568. The molecule has 0 bridgehead atoms. The van der Waals surface area contributed by atoms with Gasteiger partial charge >= 0.3 is 0 Å². The molecule has 6 heteroatoms. The maximum Gasteiger partial charge on any atom is 0.256 e. The molecule has 0 aliphatic heterocycles. The van der Waals surface area contributed by atoms with Crippen molar-refractivity contribution in [3.05, 3.63) is 70.9 Å². The van der Waals surface area contributed by atoms with Gasteiger partial charge in [-0.1, -0.05) is 29.8 Å². The molecule has 0 unspecified atom stereocenters. The number of hydrogen-bond acceptors (Lipinski definition) is 3. The van der Waals surface area contributed by atoms with Crippen molar-refractivity contribution in [2.75, 3.05) is 12.4 Å². The first kappa shape index (κ1) is 16.0. The third kappa shape index (κ3) is 3.07. The Hall–Kier alpha value is -2.92. The molecule has 0 fully saturated rings. The third-order valence-corrected chi connectivity index (χ3v) is 3.93. The number of anilines is 1. The van der Waals surface area contributed by atoms with Crippen LogP contribution in [0.3, 0.4) is 0 Å². The number of amides is 2. The second kappa shape index (κ2) is 6.68. The molecule has 0 saturated carbocycles. The van der Waals surface area contributed by atoms with Gasteiger partial charge in [-0.3, -0.25) is 14.6 Å². The maximum atomic E-state index is 12.6. The van der Waals surface area contributed by atoms with Gasteiger partial charge in [0.25, 0.3) is 11.8 Å². The van der Waals surface area contributed by atoms with Crippen LogP contribution in [0.4, 0.5) is 5.69 Å². The Bertz CT molecular complexity index is 935. The lowest BCUT2D eigenvalue weighted by Gasteiger charge is -2.10. The van der Waals surface area contributed by atoms with Crippen molar-refractivity contribution in [2.24, 2.45) is 0 Å². The van der Waals surface area contributed by atoms with Crippen LogP contribution in [-0.4, -0.2) is 23.8 Å². The molecule has 3 aromatic rings. The van der Waals surface area contributed by atoms with Crippen molar-refractivity contribution in [2.45, 2.75) is 0 Å². The monoisotopic (exact) mass is 339 g/mol. The maximum absolute atomic E-state index is 12.6. The SMILES string of the molecule is CNC(=O)c1ccc(Cl)c(NC(=O)c2ccnc3ccccc23)c1. The fourth-order valence-electron chi connectivity index (χ4n) is 2.39. The number of carbonyl (C=O) groups is 2. The molecule has 1 heterocycles. The molecule has 2 aromatic carbocycles. The lowest BCUT2D eigenvalue weighted by atomic mass is 10.1. The fourth-order valence-corrected chi connectivity index (χ4v) is 2.55. The van der Waals surface area contributed by atoms with Gasteiger partial charge in [0.05, 0.1) is 21.8 Å².